The third kappa shape index (κ3) is 4.20. The second-order valence-corrected chi connectivity index (χ2v) is 7.86. The zero-order valence-corrected chi connectivity index (χ0v) is 14.1. The number of rotatable bonds is 4. The van der Waals surface area contributed by atoms with Crippen molar-refractivity contribution >= 4 is 21.6 Å². The van der Waals surface area contributed by atoms with Crippen molar-refractivity contribution in [3.63, 3.8) is 0 Å². The summed E-state index contributed by atoms with van der Waals surface area (Å²) in [5.41, 5.74) is 1.61. The Morgan fingerprint density at radius 3 is 2.45 bits per heavy atom. The van der Waals surface area contributed by atoms with Gasteiger partial charge in [0, 0.05) is 44.5 Å². The molecule has 1 N–H and O–H groups in total. The first kappa shape index (κ1) is 16.8. The molecule has 7 heteroatoms. The Kier molecular flexibility index (Phi) is 5.08. The van der Waals surface area contributed by atoms with Crippen LogP contribution in [0.4, 0.5) is 5.69 Å². The van der Waals surface area contributed by atoms with Crippen molar-refractivity contribution in [2.75, 3.05) is 38.3 Å². The predicted octanol–water partition coefficient (Wildman–Crippen LogP) is 0.906. The molecule has 1 heterocycles. The number of carbonyl (C=O) groups is 1. The molecule has 1 saturated heterocycles. The fraction of sp³-hybridized carbons (Fsp3) is 0.533. The third-order valence-electron chi connectivity index (χ3n) is 3.83. The van der Waals surface area contributed by atoms with Gasteiger partial charge in [-0.3, -0.25) is 4.79 Å². The Morgan fingerprint density at radius 2 is 1.91 bits per heavy atom. The fourth-order valence-corrected chi connectivity index (χ4v) is 3.45. The van der Waals surface area contributed by atoms with Gasteiger partial charge in [-0.15, -0.1) is 0 Å². The SMILES string of the molecule is CN(C)c1ccc(C(=O)N[C@H]2CCCN(S(C)(=O)=O)C2)cc1. The Morgan fingerprint density at radius 1 is 1.27 bits per heavy atom. The molecule has 1 aliphatic heterocycles. The maximum absolute atomic E-state index is 12.3. The maximum Gasteiger partial charge on any atom is 0.251 e. The van der Waals surface area contributed by atoms with E-state index in [1.165, 1.54) is 10.6 Å². The zero-order chi connectivity index (χ0) is 16.3. The first-order valence-corrected chi connectivity index (χ1v) is 9.15. The van der Waals surface area contributed by atoms with Crippen LogP contribution in [0.25, 0.3) is 0 Å². The molecule has 1 aromatic carbocycles. The van der Waals surface area contributed by atoms with Gasteiger partial charge >= 0.3 is 0 Å². The van der Waals surface area contributed by atoms with E-state index in [-0.39, 0.29) is 11.9 Å². The molecule has 22 heavy (non-hydrogen) atoms. The molecule has 0 saturated carbocycles. The molecule has 1 fully saturated rings. The molecule has 1 amide bonds. The van der Waals surface area contributed by atoms with Gasteiger partial charge in [0.15, 0.2) is 0 Å². The Labute approximate surface area is 132 Å². The molecule has 0 radical (unpaired) electrons. The van der Waals surface area contributed by atoms with Gasteiger partial charge in [0.25, 0.3) is 5.91 Å². The molecule has 122 valence electrons. The van der Waals surface area contributed by atoms with Crippen molar-refractivity contribution in [3.8, 4) is 0 Å². The molecule has 1 atom stereocenters. The van der Waals surface area contributed by atoms with Crippen LogP contribution in [0, 0.1) is 0 Å². The van der Waals surface area contributed by atoms with E-state index in [2.05, 4.69) is 5.32 Å². The highest BCUT2D eigenvalue weighted by molar-refractivity contribution is 7.88. The van der Waals surface area contributed by atoms with E-state index in [0.717, 1.165) is 18.5 Å². The molecule has 1 aromatic rings. The van der Waals surface area contributed by atoms with Gasteiger partial charge in [0.2, 0.25) is 10.0 Å². The number of hydrogen-bond acceptors (Lipinski definition) is 4. The van der Waals surface area contributed by atoms with Crippen molar-refractivity contribution in [1.82, 2.24) is 9.62 Å². The summed E-state index contributed by atoms with van der Waals surface area (Å²) in [6, 6.07) is 7.20. The summed E-state index contributed by atoms with van der Waals surface area (Å²) in [5.74, 6) is -0.161. The van der Waals surface area contributed by atoms with Gasteiger partial charge in [-0.2, -0.15) is 0 Å². The second kappa shape index (κ2) is 6.66. The topological polar surface area (TPSA) is 69.7 Å². The van der Waals surface area contributed by atoms with Gasteiger partial charge in [0.1, 0.15) is 0 Å². The van der Waals surface area contributed by atoms with Gasteiger partial charge < -0.3 is 10.2 Å². The average molecular weight is 325 g/mol. The highest BCUT2D eigenvalue weighted by atomic mass is 32.2. The average Bonchev–Trinajstić information content (AvgIpc) is 2.46. The van der Waals surface area contributed by atoms with E-state index in [1.807, 2.05) is 31.1 Å². The molecule has 0 unspecified atom stereocenters. The van der Waals surface area contributed by atoms with Gasteiger partial charge in [-0.05, 0) is 37.1 Å². The molecular formula is C15H23N3O3S. The fourth-order valence-electron chi connectivity index (χ4n) is 2.54. The second-order valence-electron chi connectivity index (χ2n) is 5.87. The number of benzene rings is 1. The van der Waals surface area contributed by atoms with Crippen molar-refractivity contribution in [2.45, 2.75) is 18.9 Å². The summed E-state index contributed by atoms with van der Waals surface area (Å²) in [7, 11) is 0.685. The van der Waals surface area contributed by atoms with Crippen LogP contribution in [0.15, 0.2) is 24.3 Å². The first-order valence-electron chi connectivity index (χ1n) is 7.31. The van der Waals surface area contributed by atoms with Crippen LogP contribution < -0.4 is 10.2 Å². The van der Waals surface area contributed by atoms with Crippen LogP contribution in [0.5, 0.6) is 0 Å². The normalized spacial score (nSPS) is 19.7. The van der Waals surface area contributed by atoms with Crippen LogP contribution in [0.2, 0.25) is 0 Å². The number of piperidine rings is 1. The Bertz CT molecular complexity index is 626. The van der Waals surface area contributed by atoms with E-state index in [1.54, 1.807) is 12.1 Å². The minimum Gasteiger partial charge on any atom is -0.378 e. The lowest BCUT2D eigenvalue weighted by atomic mass is 10.1. The number of anilines is 1. The van der Waals surface area contributed by atoms with Gasteiger partial charge in [-0.25, -0.2) is 12.7 Å². The van der Waals surface area contributed by atoms with Gasteiger partial charge in [0.05, 0.1) is 6.26 Å². The summed E-state index contributed by atoms with van der Waals surface area (Å²) in [6.07, 6.45) is 2.77. The number of amides is 1. The number of nitrogens with zero attached hydrogens (tertiary/aromatic N) is 2. The molecule has 0 aromatic heterocycles. The Hall–Kier alpha value is -1.60. The molecule has 0 bridgehead atoms. The van der Waals surface area contributed by atoms with Crippen molar-refractivity contribution < 1.29 is 13.2 Å². The van der Waals surface area contributed by atoms with E-state index in [4.69, 9.17) is 0 Å². The predicted molar refractivity (Wildman–Crippen MR) is 87.7 cm³/mol. The van der Waals surface area contributed by atoms with Crippen molar-refractivity contribution in [3.05, 3.63) is 29.8 Å². The lowest BCUT2D eigenvalue weighted by Crippen LogP contribution is -2.49. The summed E-state index contributed by atoms with van der Waals surface area (Å²) in [4.78, 5) is 14.2. The summed E-state index contributed by atoms with van der Waals surface area (Å²) in [5, 5.41) is 2.93. The molecule has 0 spiro atoms. The third-order valence-corrected chi connectivity index (χ3v) is 5.10. The number of hydrogen-bond donors (Lipinski definition) is 1. The van der Waals surface area contributed by atoms with E-state index < -0.39 is 10.0 Å². The summed E-state index contributed by atoms with van der Waals surface area (Å²) < 4.78 is 24.6. The van der Waals surface area contributed by atoms with Crippen LogP contribution >= 0.6 is 0 Å². The smallest absolute Gasteiger partial charge is 0.251 e. The van der Waals surface area contributed by atoms with Crippen LogP contribution in [0.3, 0.4) is 0 Å². The summed E-state index contributed by atoms with van der Waals surface area (Å²) >= 11 is 0. The monoisotopic (exact) mass is 325 g/mol. The molecule has 0 aliphatic carbocycles. The van der Waals surface area contributed by atoms with Gasteiger partial charge in [-0.1, -0.05) is 0 Å². The van der Waals surface area contributed by atoms with E-state index in [9.17, 15) is 13.2 Å². The van der Waals surface area contributed by atoms with E-state index >= 15 is 0 Å². The maximum atomic E-state index is 12.3. The summed E-state index contributed by atoms with van der Waals surface area (Å²) in [6.45, 7) is 0.878. The van der Waals surface area contributed by atoms with Crippen molar-refractivity contribution in [2.24, 2.45) is 0 Å². The zero-order valence-electron chi connectivity index (χ0n) is 13.2. The van der Waals surface area contributed by atoms with Crippen LogP contribution in [-0.2, 0) is 10.0 Å². The minimum atomic E-state index is -3.20. The van der Waals surface area contributed by atoms with E-state index in [0.29, 0.717) is 18.7 Å². The molecular weight excluding hydrogens is 302 g/mol. The highest BCUT2D eigenvalue weighted by Gasteiger charge is 2.26. The minimum absolute atomic E-state index is 0.135. The lowest BCUT2D eigenvalue weighted by molar-refractivity contribution is 0.0921. The van der Waals surface area contributed by atoms with Crippen molar-refractivity contribution in [1.29, 1.82) is 0 Å². The first-order chi connectivity index (χ1) is 10.3. The number of carbonyl (C=O) groups excluding carboxylic acids is 1. The highest BCUT2D eigenvalue weighted by Crippen LogP contribution is 2.15. The van der Waals surface area contributed by atoms with Crippen LogP contribution in [-0.4, -0.2) is 58.1 Å². The number of sulfonamides is 1. The lowest BCUT2D eigenvalue weighted by Gasteiger charge is -2.31. The Balaban J connectivity index is 1.99. The standard InChI is InChI=1S/C15H23N3O3S/c1-17(2)14-8-6-12(7-9-14)15(19)16-13-5-4-10-18(11-13)22(3,20)21/h6-9,13H,4-5,10-11H2,1-3H3,(H,16,19)/t13-/m0/s1. The quantitative estimate of drug-likeness (QED) is 0.893. The number of nitrogens with one attached hydrogen (secondary N) is 1. The van der Waals surface area contributed by atoms with Crippen LogP contribution in [0.1, 0.15) is 23.2 Å². The largest absolute Gasteiger partial charge is 0.378 e. The molecule has 2 rings (SSSR count). The molecule has 6 nitrogen and oxygen atoms in total. The molecule has 1 aliphatic rings.